The average Bonchev–Trinajstić information content (AvgIpc) is 3.11. The highest BCUT2D eigenvalue weighted by Gasteiger charge is 2.21. The van der Waals surface area contributed by atoms with Crippen molar-refractivity contribution in [3.8, 4) is 0 Å². The van der Waals surface area contributed by atoms with E-state index in [-0.39, 0.29) is 5.56 Å². The maximum Gasteiger partial charge on any atom is 0.262 e. The van der Waals surface area contributed by atoms with Gasteiger partial charge in [-0.3, -0.25) is 14.2 Å². The third kappa shape index (κ3) is 2.35. The number of nitrogens with zero attached hydrogens (tertiary/aromatic N) is 2. The number of amides is 1. The van der Waals surface area contributed by atoms with E-state index in [1.807, 2.05) is 12.1 Å². The van der Waals surface area contributed by atoms with Gasteiger partial charge in [0.25, 0.3) is 5.56 Å². The van der Waals surface area contributed by atoms with Gasteiger partial charge in [0.2, 0.25) is 5.91 Å². The molecule has 0 spiro atoms. The van der Waals surface area contributed by atoms with Crippen LogP contribution in [-0.2, 0) is 19.4 Å². The Morgan fingerprint density at radius 1 is 1.26 bits per heavy atom. The predicted molar refractivity (Wildman–Crippen MR) is 90.0 cm³/mol. The summed E-state index contributed by atoms with van der Waals surface area (Å²) in [5, 5.41) is 0.791. The number of fused-ring (bicyclic) bond motifs is 3. The van der Waals surface area contributed by atoms with E-state index in [1.165, 1.54) is 10.4 Å². The van der Waals surface area contributed by atoms with Gasteiger partial charge in [0.05, 0.1) is 18.3 Å². The Morgan fingerprint density at radius 3 is 2.78 bits per heavy atom. The number of benzene rings is 1. The molecule has 1 aliphatic rings. The summed E-state index contributed by atoms with van der Waals surface area (Å²) >= 11 is 1.64. The monoisotopic (exact) mass is 325 g/mol. The quantitative estimate of drug-likeness (QED) is 0.801. The van der Waals surface area contributed by atoms with E-state index in [0.717, 1.165) is 35.0 Å². The summed E-state index contributed by atoms with van der Waals surface area (Å²) in [4.78, 5) is 30.5. The second-order valence-corrected chi connectivity index (χ2v) is 6.86. The predicted octanol–water partition coefficient (Wildman–Crippen LogP) is 2.09. The number of carbonyl (C=O) groups is 1. The molecule has 1 aliphatic carbocycles. The molecule has 1 aromatic carbocycles. The first-order valence-corrected chi connectivity index (χ1v) is 8.33. The van der Waals surface area contributed by atoms with Gasteiger partial charge >= 0.3 is 0 Å². The van der Waals surface area contributed by atoms with E-state index >= 15 is 0 Å². The van der Waals surface area contributed by atoms with E-state index in [9.17, 15) is 9.59 Å². The summed E-state index contributed by atoms with van der Waals surface area (Å²) in [6.45, 7) is 0.436. The van der Waals surface area contributed by atoms with Crippen LogP contribution in [0.4, 0.5) is 0 Å². The fourth-order valence-electron chi connectivity index (χ4n) is 3.10. The third-order valence-electron chi connectivity index (χ3n) is 4.28. The summed E-state index contributed by atoms with van der Waals surface area (Å²) in [5.74, 6) is -0.453. The van der Waals surface area contributed by atoms with E-state index in [2.05, 4.69) is 4.98 Å². The van der Waals surface area contributed by atoms with Crippen LogP contribution in [0.1, 0.15) is 32.8 Å². The smallest absolute Gasteiger partial charge is 0.262 e. The lowest BCUT2D eigenvalue weighted by Gasteiger charge is -2.06. The van der Waals surface area contributed by atoms with Gasteiger partial charge in [-0.05, 0) is 42.5 Å². The van der Waals surface area contributed by atoms with Crippen LogP contribution in [-0.4, -0.2) is 15.5 Å². The lowest BCUT2D eigenvalue weighted by molar-refractivity contribution is 0.100. The number of thiophene rings is 1. The standard InChI is InChI=1S/C17H15N3O2S/c18-15(21)11-6-4-10(5-7-11)8-20-9-19-16-14(17(20)22)12-2-1-3-13(12)23-16/h4-7,9H,1-3,8H2,(H2,18,21). The van der Waals surface area contributed by atoms with Gasteiger partial charge in [0.15, 0.2) is 0 Å². The molecule has 1 amide bonds. The molecule has 2 N–H and O–H groups in total. The number of rotatable bonds is 3. The first kappa shape index (κ1) is 14.1. The molecular weight excluding hydrogens is 310 g/mol. The van der Waals surface area contributed by atoms with Crippen molar-refractivity contribution in [3.63, 3.8) is 0 Å². The number of hydrogen-bond acceptors (Lipinski definition) is 4. The highest BCUT2D eigenvalue weighted by Crippen LogP contribution is 2.34. The topological polar surface area (TPSA) is 78.0 Å². The number of aromatic nitrogens is 2. The van der Waals surface area contributed by atoms with Gasteiger partial charge in [0.1, 0.15) is 4.83 Å². The van der Waals surface area contributed by atoms with Crippen molar-refractivity contribution < 1.29 is 4.79 Å². The molecule has 6 heteroatoms. The molecule has 0 fully saturated rings. The lowest BCUT2D eigenvalue weighted by atomic mass is 10.1. The summed E-state index contributed by atoms with van der Waals surface area (Å²) in [6.07, 6.45) is 4.77. The fourth-order valence-corrected chi connectivity index (χ4v) is 4.32. The number of primary amides is 1. The van der Waals surface area contributed by atoms with Crippen LogP contribution in [0.15, 0.2) is 35.4 Å². The van der Waals surface area contributed by atoms with Crippen molar-refractivity contribution in [3.05, 3.63) is 62.5 Å². The molecule has 2 aromatic heterocycles. The second kappa shape index (κ2) is 5.31. The summed E-state index contributed by atoms with van der Waals surface area (Å²) in [6, 6.07) is 6.98. The molecule has 4 rings (SSSR count). The van der Waals surface area contributed by atoms with Crippen molar-refractivity contribution in [1.29, 1.82) is 0 Å². The van der Waals surface area contributed by atoms with Gasteiger partial charge in [-0.25, -0.2) is 4.98 Å². The maximum absolute atomic E-state index is 12.8. The Morgan fingerprint density at radius 2 is 2.04 bits per heavy atom. The summed E-state index contributed by atoms with van der Waals surface area (Å²) in [5.41, 5.74) is 7.86. The zero-order valence-corrected chi connectivity index (χ0v) is 13.2. The molecule has 5 nitrogen and oxygen atoms in total. The molecule has 3 aromatic rings. The van der Waals surface area contributed by atoms with Gasteiger partial charge in [-0.2, -0.15) is 0 Å². The molecule has 0 atom stereocenters. The highest BCUT2D eigenvalue weighted by atomic mass is 32.1. The maximum atomic E-state index is 12.8. The molecule has 0 bridgehead atoms. The fraction of sp³-hybridized carbons (Fsp3) is 0.235. The zero-order valence-electron chi connectivity index (χ0n) is 12.4. The minimum atomic E-state index is -0.453. The Kier molecular flexibility index (Phi) is 3.27. The first-order chi connectivity index (χ1) is 11.1. The van der Waals surface area contributed by atoms with E-state index in [4.69, 9.17) is 5.73 Å². The van der Waals surface area contributed by atoms with Gasteiger partial charge in [-0.15, -0.1) is 11.3 Å². The van der Waals surface area contributed by atoms with Crippen LogP contribution in [0.3, 0.4) is 0 Å². The number of nitrogens with two attached hydrogens (primary N) is 1. The summed E-state index contributed by atoms with van der Waals surface area (Å²) < 4.78 is 1.63. The van der Waals surface area contributed by atoms with Crippen molar-refractivity contribution in [2.24, 2.45) is 5.73 Å². The molecule has 0 unspecified atom stereocenters. The van der Waals surface area contributed by atoms with Gasteiger partial charge in [0, 0.05) is 10.4 Å². The largest absolute Gasteiger partial charge is 0.366 e. The molecule has 116 valence electrons. The van der Waals surface area contributed by atoms with Crippen LogP contribution >= 0.6 is 11.3 Å². The van der Waals surface area contributed by atoms with Crippen LogP contribution in [0, 0.1) is 0 Å². The van der Waals surface area contributed by atoms with Gasteiger partial charge in [-0.1, -0.05) is 12.1 Å². The van der Waals surface area contributed by atoms with Crippen molar-refractivity contribution in [2.45, 2.75) is 25.8 Å². The average molecular weight is 325 g/mol. The normalized spacial score (nSPS) is 13.4. The van der Waals surface area contributed by atoms with E-state index < -0.39 is 5.91 Å². The lowest BCUT2D eigenvalue weighted by Crippen LogP contribution is -2.21. The Bertz CT molecular complexity index is 970. The molecule has 23 heavy (non-hydrogen) atoms. The number of hydrogen-bond donors (Lipinski definition) is 1. The van der Waals surface area contributed by atoms with Gasteiger partial charge < -0.3 is 5.73 Å². The Labute approximate surface area is 136 Å². The summed E-state index contributed by atoms with van der Waals surface area (Å²) in [7, 11) is 0. The molecule has 0 radical (unpaired) electrons. The van der Waals surface area contributed by atoms with Crippen molar-refractivity contribution in [1.82, 2.24) is 9.55 Å². The second-order valence-electron chi connectivity index (χ2n) is 5.78. The number of aryl methyl sites for hydroxylation is 2. The third-order valence-corrected chi connectivity index (χ3v) is 5.48. The number of carbonyl (C=O) groups excluding carboxylic acids is 1. The van der Waals surface area contributed by atoms with E-state index in [0.29, 0.717) is 12.1 Å². The zero-order chi connectivity index (χ0) is 16.0. The van der Waals surface area contributed by atoms with Crippen LogP contribution in [0.2, 0.25) is 0 Å². The minimum Gasteiger partial charge on any atom is -0.366 e. The minimum absolute atomic E-state index is 0.0216. The molecular formula is C17H15N3O2S. The molecule has 2 heterocycles. The van der Waals surface area contributed by atoms with Crippen molar-refractivity contribution in [2.75, 3.05) is 0 Å². The molecule has 0 aliphatic heterocycles. The molecule has 0 saturated heterocycles. The van der Waals surface area contributed by atoms with Crippen LogP contribution in [0.25, 0.3) is 10.2 Å². The Hall–Kier alpha value is -2.47. The van der Waals surface area contributed by atoms with E-state index in [1.54, 1.807) is 34.4 Å². The highest BCUT2D eigenvalue weighted by molar-refractivity contribution is 7.18. The van der Waals surface area contributed by atoms with Crippen molar-refractivity contribution >= 4 is 27.5 Å². The van der Waals surface area contributed by atoms with Crippen LogP contribution < -0.4 is 11.3 Å². The SMILES string of the molecule is NC(=O)c1ccc(Cn2cnc3sc4c(c3c2=O)CCC4)cc1. The molecule has 0 saturated carbocycles. The first-order valence-electron chi connectivity index (χ1n) is 7.52. The van der Waals surface area contributed by atoms with Crippen LogP contribution in [0.5, 0.6) is 0 Å². The Balaban J connectivity index is 1.73.